The van der Waals surface area contributed by atoms with Crippen LogP contribution in [0.4, 0.5) is 0 Å². The number of carbonyl (C=O) groups is 1. The van der Waals surface area contributed by atoms with Gasteiger partial charge >= 0.3 is 5.97 Å². The lowest BCUT2D eigenvalue weighted by Gasteiger charge is -2.37. The van der Waals surface area contributed by atoms with Gasteiger partial charge in [0.25, 0.3) is 0 Å². The molecule has 0 aromatic heterocycles. The molecule has 0 saturated heterocycles. The van der Waals surface area contributed by atoms with Crippen LogP contribution in [0.1, 0.15) is 61.8 Å². The predicted molar refractivity (Wildman–Crippen MR) is 113 cm³/mol. The molecule has 0 amide bonds. The summed E-state index contributed by atoms with van der Waals surface area (Å²) in [7, 11) is -3.36. The van der Waals surface area contributed by atoms with Crippen LogP contribution in [0.15, 0.2) is 11.6 Å². The summed E-state index contributed by atoms with van der Waals surface area (Å²) in [4.78, 5) is 12.5. The molecule has 7 heteroatoms. The Morgan fingerprint density at radius 3 is 2.08 bits per heavy atom. The highest BCUT2D eigenvalue weighted by atomic mass is 32.2. The first-order valence-corrected chi connectivity index (χ1v) is 13.4. The van der Waals surface area contributed by atoms with E-state index in [1.807, 2.05) is 33.8 Å². The summed E-state index contributed by atoms with van der Waals surface area (Å²) in [5.41, 5.74) is 0.786. The summed E-state index contributed by atoms with van der Waals surface area (Å²) >= 11 is 0. The molecule has 2 atom stereocenters. The SMILES string of the molecule is CC/C=C(/CO[Si](C)(C)C(C)(C)C)C(NS(=O)C(C)(C)C)C(=O)OCC. The lowest BCUT2D eigenvalue weighted by molar-refractivity contribution is -0.144. The van der Waals surface area contributed by atoms with Gasteiger partial charge in [-0.15, -0.1) is 0 Å². The van der Waals surface area contributed by atoms with E-state index in [2.05, 4.69) is 38.6 Å². The van der Waals surface area contributed by atoms with Crippen molar-refractivity contribution >= 4 is 25.3 Å². The summed E-state index contributed by atoms with van der Waals surface area (Å²) in [5.74, 6) is -0.413. The van der Waals surface area contributed by atoms with E-state index in [9.17, 15) is 9.00 Å². The second-order valence-electron chi connectivity index (χ2n) is 8.92. The van der Waals surface area contributed by atoms with E-state index in [4.69, 9.17) is 9.16 Å². The Labute approximate surface area is 164 Å². The summed E-state index contributed by atoms with van der Waals surface area (Å²) < 4.78 is 26.6. The molecule has 0 aromatic rings. The van der Waals surface area contributed by atoms with Crippen LogP contribution in [0.5, 0.6) is 0 Å². The van der Waals surface area contributed by atoms with Crippen molar-refractivity contribution in [2.45, 2.75) is 90.7 Å². The van der Waals surface area contributed by atoms with Crippen molar-refractivity contribution in [3.63, 3.8) is 0 Å². The first-order chi connectivity index (χ1) is 11.7. The van der Waals surface area contributed by atoms with Crippen LogP contribution >= 0.6 is 0 Å². The van der Waals surface area contributed by atoms with Crippen LogP contribution in [-0.4, -0.2) is 42.5 Å². The Morgan fingerprint density at radius 2 is 1.69 bits per heavy atom. The van der Waals surface area contributed by atoms with Gasteiger partial charge in [-0.3, -0.25) is 0 Å². The highest BCUT2D eigenvalue weighted by molar-refractivity contribution is 7.84. The van der Waals surface area contributed by atoms with Gasteiger partial charge in [0.2, 0.25) is 0 Å². The van der Waals surface area contributed by atoms with Gasteiger partial charge in [0.05, 0.1) is 28.9 Å². The lowest BCUT2D eigenvalue weighted by atomic mass is 10.1. The fraction of sp³-hybridized carbons (Fsp3) is 0.842. The number of allylic oxidation sites excluding steroid dienone is 1. The molecule has 0 rings (SSSR count). The number of nitrogens with one attached hydrogen (secondary N) is 1. The summed E-state index contributed by atoms with van der Waals surface area (Å²) in [6.45, 7) is 20.9. The molecule has 0 aliphatic rings. The van der Waals surface area contributed by atoms with Crippen LogP contribution in [0.2, 0.25) is 18.1 Å². The molecule has 154 valence electrons. The van der Waals surface area contributed by atoms with Crippen LogP contribution in [0, 0.1) is 0 Å². The van der Waals surface area contributed by atoms with Crippen molar-refractivity contribution in [3.8, 4) is 0 Å². The second-order valence-corrected chi connectivity index (χ2v) is 15.7. The monoisotopic (exact) mass is 405 g/mol. The van der Waals surface area contributed by atoms with Gasteiger partial charge in [0, 0.05) is 0 Å². The van der Waals surface area contributed by atoms with Crippen LogP contribution < -0.4 is 4.72 Å². The number of carbonyl (C=O) groups excluding carboxylic acids is 1. The van der Waals surface area contributed by atoms with Crippen molar-refractivity contribution in [2.75, 3.05) is 13.2 Å². The van der Waals surface area contributed by atoms with Crippen molar-refractivity contribution in [1.82, 2.24) is 4.72 Å². The predicted octanol–water partition coefficient (Wildman–Crippen LogP) is 4.33. The molecule has 0 aliphatic heterocycles. The van der Waals surface area contributed by atoms with E-state index < -0.39 is 36.1 Å². The maximum absolute atomic E-state index is 12.6. The average molecular weight is 406 g/mol. The molecule has 0 radical (unpaired) electrons. The first-order valence-electron chi connectivity index (χ1n) is 9.35. The number of hydrogen-bond acceptors (Lipinski definition) is 4. The molecule has 0 saturated carbocycles. The molecular weight excluding hydrogens is 366 g/mol. The molecule has 0 aromatic carbocycles. The third-order valence-corrected chi connectivity index (χ3v) is 10.6. The van der Waals surface area contributed by atoms with Crippen LogP contribution in [0.25, 0.3) is 0 Å². The molecule has 0 aliphatic carbocycles. The highest BCUT2D eigenvalue weighted by Crippen LogP contribution is 2.37. The topological polar surface area (TPSA) is 64.6 Å². The normalized spacial score (nSPS) is 16.3. The molecule has 2 unspecified atom stereocenters. The summed E-state index contributed by atoms with van der Waals surface area (Å²) in [6.07, 6.45) is 2.73. The van der Waals surface area contributed by atoms with E-state index in [0.717, 1.165) is 12.0 Å². The first kappa shape index (κ1) is 25.5. The second kappa shape index (κ2) is 10.2. The third kappa shape index (κ3) is 8.02. The van der Waals surface area contributed by atoms with Crippen LogP contribution in [0.3, 0.4) is 0 Å². The smallest absolute Gasteiger partial charge is 0.328 e. The number of hydrogen-bond donors (Lipinski definition) is 1. The van der Waals surface area contributed by atoms with Crippen molar-refractivity contribution in [3.05, 3.63) is 11.6 Å². The molecule has 1 N–H and O–H groups in total. The average Bonchev–Trinajstić information content (AvgIpc) is 2.47. The van der Waals surface area contributed by atoms with Gasteiger partial charge in [0.1, 0.15) is 6.04 Å². The molecule has 0 bridgehead atoms. The van der Waals surface area contributed by atoms with Crippen molar-refractivity contribution in [2.24, 2.45) is 0 Å². The van der Waals surface area contributed by atoms with E-state index in [1.54, 1.807) is 6.92 Å². The minimum Gasteiger partial charge on any atom is -0.465 e. The molecule has 5 nitrogen and oxygen atoms in total. The number of rotatable bonds is 9. The van der Waals surface area contributed by atoms with Crippen molar-refractivity contribution < 1.29 is 18.2 Å². The molecule has 0 heterocycles. The molecule has 26 heavy (non-hydrogen) atoms. The van der Waals surface area contributed by atoms with Gasteiger partial charge in [0.15, 0.2) is 8.32 Å². The lowest BCUT2D eigenvalue weighted by Crippen LogP contribution is -2.48. The zero-order chi connectivity index (χ0) is 20.8. The largest absolute Gasteiger partial charge is 0.465 e. The quantitative estimate of drug-likeness (QED) is 0.352. The Morgan fingerprint density at radius 1 is 1.15 bits per heavy atom. The van der Waals surface area contributed by atoms with Gasteiger partial charge in [-0.1, -0.05) is 33.8 Å². The van der Waals surface area contributed by atoms with Crippen LogP contribution in [-0.2, 0) is 24.9 Å². The highest BCUT2D eigenvalue weighted by Gasteiger charge is 2.38. The molecular formula is C19H39NO4SSi. The standard InChI is InChI=1S/C19H39NO4SSi/c1-11-13-15(14-24-26(9,10)19(6,7)8)16(17(21)23-12-2)20-25(22)18(3,4)5/h13,16,20H,11-12,14H2,1-10H3/b15-13-. The third-order valence-electron chi connectivity index (χ3n) is 4.55. The summed E-state index contributed by atoms with van der Waals surface area (Å²) in [6, 6.07) is -0.764. The molecule has 0 spiro atoms. The Kier molecular flexibility index (Phi) is 9.96. The summed E-state index contributed by atoms with van der Waals surface area (Å²) in [5, 5.41) is 0.0748. The van der Waals surface area contributed by atoms with E-state index in [0.29, 0.717) is 6.61 Å². The van der Waals surface area contributed by atoms with Gasteiger partial charge in [-0.25, -0.2) is 13.7 Å². The maximum Gasteiger partial charge on any atom is 0.328 e. The maximum atomic E-state index is 12.6. The van der Waals surface area contributed by atoms with E-state index in [1.165, 1.54) is 0 Å². The Bertz CT molecular complexity index is 519. The van der Waals surface area contributed by atoms with E-state index in [-0.39, 0.29) is 11.6 Å². The van der Waals surface area contributed by atoms with Gasteiger partial charge < -0.3 is 9.16 Å². The van der Waals surface area contributed by atoms with Crippen molar-refractivity contribution in [1.29, 1.82) is 0 Å². The van der Waals surface area contributed by atoms with E-state index >= 15 is 0 Å². The van der Waals surface area contributed by atoms with Gasteiger partial charge in [-0.2, -0.15) is 0 Å². The number of esters is 1. The van der Waals surface area contributed by atoms with Gasteiger partial charge in [-0.05, 0) is 57.8 Å². The zero-order valence-corrected chi connectivity index (χ0v) is 20.1. The fourth-order valence-corrected chi connectivity index (χ4v) is 3.56. The zero-order valence-electron chi connectivity index (χ0n) is 18.3. The molecule has 0 fully saturated rings. The Hall–Kier alpha value is -0.503. The minimum absolute atomic E-state index is 0.0748. The number of ether oxygens (including phenoxy) is 1. The fourth-order valence-electron chi connectivity index (χ4n) is 1.79. The minimum atomic E-state index is -1.97. The Balaban J connectivity index is 5.57.